The lowest BCUT2D eigenvalue weighted by molar-refractivity contribution is -0.123. The highest BCUT2D eigenvalue weighted by atomic mass is 19.1. The van der Waals surface area contributed by atoms with E-state index in [1.165, 1.54) is 46.0 Å². The minimum Gasteiger partial charge on any atom is -0.486 e. The van der Waals surface area contributed by atoms with Crippen LogP contribution < -0.4 is 15.6 Å². The fourth-order valence-corrected chi connectivity index (χ4v) is 4.73. The molecule has 0 saturated carbocycles. The number of amides is 2. The summed E-state index contributed by atoms with van der Waals surface area (Å²) in [5, 5.41) is 2.85. The Hall–Kier alpha value is -5.33. The molecule has 13 heteroatoms. The average Bonchev–Trinajstić information content (AvgIpc) is 3.35. The maximum atomic E-state index is 14.8. The standard InChI is InChI=1S/C35H37F3N4O6/c1-35(2,3)48-34(46)42-26(17-23-16-25(37)19-29(32(23)42)47-21-22-13-14-24(36)18-27(22)38)20-41-15-9-10-28(33(41)45)39-30(43)11-7-6-8-12-31(44)40(4)5/h8-10,12-19H,6-7,11,20-21H2,1-5H3,(H,39,43)/b12-8+. The van der Waals surface area contributed by atoms with E-state index < -0.39 is 47.2 Å². The summed E-state index contributed by atoms with van der Waals surface area (Å²) in [5.74, 6) is -2.99. The van der Waals surface area contributed by atoms with Gasteiger partial charge in [0.1, 0.15) is 46.6 Å². The van der Waals surface area contributed by atoms with Crippen LogP contribution in [0.1, 0.15) is 51.3 Å². The first-order chi connectivity index (χ1) is 22.6. The van der Waals surface area contributed by atoms with E-state index in [9.17, 15) is 32.3 Å². The van der Waals surface area contributed by atoms with Crippen molar-refractivity contribution in [2.24, 2.45) is 0 Å². The molecule has 0 aliphatic heterocycles. The second-order valence-corrected chi connectivity index (χ2v) is 12.2. The van der Waals surface area contributed by atoms with Gasteiger partial charge in [-0.1, -0.05) is 6.08 Å². The summed E-state index contributed by atoms with van der Waals surface area (Å²) in [6.07, 6.45) is 4.80. The number of aromatic nitrogens is 2. The summed E-state index contributed by atoms with van der Waals surface area (Å²) < 4.78 is 56.4. The Morgan fingerprint density at radius 3 is 2.44 bits per heavy atom. The lowest BCUT2D eigenvalue weighted by atomic mass is 10.2. The summed E-state index contributed by atoms with van der Waals surface area (Å²) in [5.41, 5.74) is -1.13. The molecular formula is C35H37F3N4O6. The second-order valence-electron chi connectivity index (χ2n) is 12.2. The van der Waals surface area contributed by atoms with Gasteiger partial charge in [-0.15, -0.1) is 0 Å². The van der Waals surface area contributed by atoms with Crippen molar-refractivity contribution < 1.29 is 37.0 Å². The molecular weight excluding hydrogens is 629 g/mol. The molecule has 1 N–H and O–H groups in total. The number of nitrogens with zero attached hydrogens (tertiary/aromatic N) is 3. The van der Waals surface area contributed by atoms with Crippen LogP contribution in [0.15, 0.2) is 71.7 Å². The van der Waals surface area contributed by atoms with Crippen molar-refractivity contribution in [2.75, 3.05) is 19.4 Å². The fourth-order valence-electron chi connectivity index (χ4n) is 4.73. The third-order valence-corrected chi connectivity index (χ3v) is 6.98. The predicted molar refractivity (Wildman–Crippen MR) is 174 cm³/mol. The zero-order chi connectivity index (χ0) is 35.2. The molecule has 0 unspecified atom stereocenters. The molecule has 0 fully saturated rings. The number of hydrogen-bond acceptors (Lipinski definition) is 6. The molecule has 254 valence electrons. The van der Waals surface area contributed by atoms with Crippen molar-refractivity contribution in [3.63, 3.8) is 0 Å². The summed E-state index contributed by atoms with van der Waals surface area (Å²) in [6.45, 7) is 4.42. The summed E-state index contributed by atoms with van der Waals surface area (Å²) >= 11 is 0. The highest BCUT2D eigenvalue weighted by molar-refractivity contribution is 5.95. The molecule has 0 spiro atoms. The molecule has 0 aliphatic rings. The minimum atomic E-state index is -0.929. The number of benzene rings is 2. The molecule has 2 aromatic carbocycles. The Bertz CT molecular complexity index is 1920. The van der Waals surface area contributed by atoms with E-state index in [4.69, 9.17) is 9.47 Å². The van der Waals surface area contributed by atoms with Crippen LogP contribution in [0.3, 0.4) is 0 Å². The SMILES string of the molecule is CN(C)C(=O)/C=C/CCCC(=O)Nc1cccn(Cc2cc3cc(F)cc(OCc4ccc(F)cc4F)c3n2C(=O)OC(C)(C)C)c1=O. The largest absolute Gasteiger partial charge is 0.486 e. The number of allylic oxidation sites excluding steroid dienone is 1. The van der Waals surface area contributed by atoms with Crippen LogP contribution in [0.2, 0.25) is 0 Å². The van der Waals surface area contributed by atoms with Gasteiger partial charge in [-0.25, -0.2) is 22.5 Å². The van der Waals surface area contributed by atoms with E-state index >= 15 is 0 Å². The van der Waals surface area contributed by atoms with E-state index in [0.29, 0.717) is 18.9 Å². The normalized spacial score (nSPS) is 11.6. The highest BCUT2D eigenvalue weighted by Crippen LogP contribution is 2.32. The van der Waals surface area contributed by atoms with Crippen molar-refractivity contribution in [2.45, 2.75) is 58.8 Å². The van der Waals surface area contributed by atoms with Crippen molar-refractivity contribution in [1.29, 1.82) is 0 Å². The number of nitrogens with one attached hydrogen (secondary N) is 1. The Labute approximate surface area is 275 Å². The number of pyridine rings is 1. The highest BCUT2D eigenvalue weighted by Gasteiger charge is 2.25. The molecule has 0 aliphatic carbocycles. The second kappa shape index (κ2) is 15.1. The summed E-state index contributed by atoms with van der Waals surface area (Å²) in [4.78, 5) is 52.6. The quantitative estimate of drug-likeness (QED) is 0.147. The summed E-state index contributed by atoms with van der Waals surface area (Å²) in [7, 11) is 3.27. The van der Waals surface area contributed by atoms with Crippen LogP contribution in [-0.4, -0.2) is 51.6 Å². The number of anilines is 1. The van der Waals surface area contributed by atoms with Gasteiger partial charge < -0.3 is 24.3 Å². The smallest absolute Gasteiger partial charge is 0.419 e. The molecule has 0 bridgehead atoms. The van der Waals surface area contributed by atoms with Gasteiger partial charge in [0.2, 0.25) is 11.8 Å². The fraction of sp³-hybridized carbons (Fsp3) is 0.314. The molecule has 0 saturated heterocycles. The zero-order valence-corrected chi connectivity index (χ0v) is 27.3. The Balaban J connectivity index is 1.63. The van der Waals surface area contributed by atoms with Crippen molar-refractivity contribution in [3.05, 3.63) is 106 Å². The lowest BCUT2D eigenvalue weighted by Crippen LogP contribution is -2.30. The van der Waals surface area contributed by atoms with Gasteiger partial charge in [0, 0.05) is 49.8 Å². The molecule has 4 aromatic rings. The van der Waals surface area contributed by atoms with E-state index in [2.05, 4.69) is 5.32 Å². The maximum Gasteiger partial charge on any atom is 0.419 e. The first-order valence-corrected chi connectivity index (χ1v) is 15.1. The van der Waals surface area contributed by atoms with Gasteiger partial charge in [-0.3, -0.25) is 14.4 Å². The van der Waals surface area contributed by atoms with Crippen LogP contribution in [0.4, 0.5) is 23.7 Å². The summed E-state index contributed by atoms with van der Waals surface area (Å²) in [6, 6.07) is 9.67. The number of rotatable bonds is 11. The van der Waals surface area contributed by atoms with E-state index in [1.807, 2.05) is 0 Å². The first-order valence-electron chi connectivity index (χ1n) is 15.1. The van der Waals surface area contributed by atoms with Crippen molar-refractivity contribution in [3.8, 4) is 5.75 Å². The Morgan fingerprint density at radius 2 is 1.75 bits per heavy atom. The first kappa shape index (κ1) is 35.5. The van der Waals surface area contributed by atoms with Gasteiger partial charge in [0.05, 0.1) is 12.2 Å². The number of unbranched alkanes of at least 4 members (excludes halogenated alkanes) is 1. The van der Waals surface area contributed by atoms with Gasteiger partial charge in [0.15, 0.2) is 0 Å². The van der Waals surface area contributed by atoms with Gasteiger partial charge in [-0.2, -0.15) is 0 Å². The maximum absolute atomic E-state index is 14.8. The monoisotopic (exact) mass is 666 g/mol. The number of ether oxygens (including phenoxy) is 2. The molecule has 0 atom stereocenters. The number of carbonyl (C=O) groups is 3. The molecule has 48 heavy (non-hydrogen) atoms. The molecule has 2 heterocycles. The van der Waals surface area contributed by atoms with Crippen LogP contribution >= 0.6 is 0 Å². The number of carbonyl (C=O) groups excluding carboxylic acids is 3. The van der Waals surface area contributed by atoms with E-state index in [1.54, 1.807) is 47.0 Å². The molecule has 2 aromatic heterocycles. The number of fused-ring (bicyclic) bond motifs is 1. The topological polar surface area (TPSA) is 112 Å². The number of halogens is 3. The number of likely N-dealkylation sites (N-methyl/N-ethyl adjacent to an activating group) is 1. The zero-order valence-electron chi connectivity index (χ0n) is 27.3. The molecule has 4 rings (SSSR count). The Kier molecular flexibility index (Phi) is 11.1. The predicted octanol–water partition coefficient (Wildman–Crippen LogP) is 6.38. The third-order valence-electron chi connectivity index (χ3n) is 6.98. The van der Waals surface area contributed by atoms with Crippen molar-refractivity contribution >= 4 is 34.5 Å². The van der Waals surface area contributed by atoms with Crippen LogP contribution in [0, 0.1) is 17.5 Å². The molecule has 10 nitrogen and oxygen atoms in total. The van der Waals surface area contributed by atoms with Crippen molar-refractivity contribution in [1.82, 2.24) is 14.0 Å². The average molecular weight is 667 g/mol. The van der Waals surface area contributed by atoms with Gasteiger partial charge in [0.25, 0.3) is 5.56 Å². The van der Waals surface area contributed by atoms with E-state index in [-0.39, 0.29) is 52.5 Å². The van der Waals surface area contributed by atoms with E-state index in [0.717, 1.165) is 16.7 Å². The minimum absolute atomic E-state index is 0.00529. The van der Waals surface area contributed by atoms with Gasteiger partial charge >= 0.3 is 6.09 Å². The Morgan fingerprint density at radius 1 is 1.00 bits per heavy atom. The molecule has 0 radical (unpaired) electrons. The van der Waals surface area contributed by atoms with Crippen LogP contribution in [0.25, 0.3) is 10.9 Å². The molecule has 2 amide bonds. The van der Waals surface area contributed by atoms with Gasteiger partial charge in [-0.05, 0) is 76.1 Å². The number of hydrogen-bond donors (Lipinski definition) is 1. The lowest BCUT2D eigenvalue weighted by Gasteiger charge is -2.21. The van der Waals surface area contributed by atoms with Crippen LogP contribution in [0.5, 0.6) is 5.75 Å². The van der Waals surface area contributed by atoms with Crippen LogP contribution in [-0.2, 0) is 27.5 Å². The third kappa shape index (κ3) is 9.14.